The monoisotopic (exact) mass is 329 g/mol. The van der Waals surface area contributed by atoms with Crippen LogP contribution >= 0.6 is 23.4 Å². The zero-order valence-corrected chi connectivity index (χ0v) is 13.9. The van der Waals surface area contributed by atoms with Crippen molar-refractivity contribution in [3.63, 3.8) is 0 Å². The van der Waals surface area contributed by atoms with Crippen LogP contribution in [0.1, 0.15) is 37.6 Å². The Bertz CT molecular complexity index is 520. The average molecular weight is 330 g/mol. The molecule has 1 aromatic rings. The lowest BCUT2D eigenvalue weighted by Gasteiger charge is -2.17. The molecule has 1 rings (SSSR count). The Kier molecular flexibility index (Phi) is 7.05. The Labute approximate surface area is 134 Å². The summed E-state index contributed by atoms with van der Waals surface area (Å²) < 4.78 is 0. The molecule has 2 N–H and O–H groups in total. The molecule has 0 aromatic heterocycles. The number of halogens is 1. The van der Waals surface area contributed by atoms with Gasteiger partial charge in [-0.2, -0.15) is 0 Å². The van der Waals surface area contributed by atoms with Crippen molar-refractivity contribution in [1.29, 1.82) is 0 Å². The second-order valence-electron chi connectivity index (χ2n) is 5.07. The van der Waals surface area contributed by atoms with E-state index in [4.69, 9.17) is 11.6 Å². The molecule has 4 nitrogen and oxygen atoms in total. The predicted molar refractivity (Wildman–Crippen MR) is 86.2 cm³/mol. The van der Waals surface area contributed by atoms with Crippen molar-refractivity contribution in [1.82, 2.24) is 5.32 Å². The molecule has 0 unspecified atom stereocenters. The van der Waals surface area contributed by atoms with Crippen LogP contribution in [-0.4, -0.2) is 28.8 Å². The zero-order valence-electron chi connectivity index (χ0n) is 12.4. The number of nitrogens with one attached hydrogen (secondary N) is 1. The van der Waals surface area contributed by atoms with Crippen molar-refractivity contribution in [2.75, 3.05) is 5.75 Å². The molecule has 1 aromatic carbocycles. The van der Waals surface area contributed by atoms with E-state index in [1.807, 2.05) is 20.8 Å². The third kappa shape index (κ3) is 5.59. The fourth-order valence-corrected chi connectivity index (χ4v) is 2.84. The first-order valence-electron chi connectivity index (χ1n) is 6.81. The van der Waals surface area contributed by atoms with E-state index in [1.54, 1.807) is 18.2 Å². The lowest BCUT2D eigenvalue weighted by Crippen LogP contribution is -2.41. The number of aliphatic carboxylic acids is 1. The Morgan fingerprint density at radius 1 is 1.38 bits per heavy atom. The van der Waals surface area contributed by atoms with Crippen LogP contribution in [-0.2, 0) is 4.79 Å². The van der Waals surface area contributed by atoms with E-state index in [1.165, 1.54) is 11.8 Å². The highest BCUT2D eigenvalue weighted by Gasteiger charge is 2.23. The first-order valence-corrected chi connectivity index (χ1v) is 8.17. The SMILES string of the molecule is CCSc1ccc(Cl)cc1C(=O)N[C@H](CC(C)C)C(=O)O. The van der Waals surface area contributed by atoms with Gasteiger partial charge in [0.2, 0.25) is 0 Å². The summed E-state index contributed by atoms with van der Waals surface area (Å²) in [5.41, 5.74) is 0.421. The van der Waals surface area contributed by atoms with Crippen LogP contribution in [0.15, 0.2) is 23.1 Å². The van der Waals surface area contributed by atoms with Gasteiger partial charge in [0.25, 0.3) is 5.91 Å². The fourth-order valence-electron chi connectivity index (χ4n) is 1.89. The van der Waals surface area contributed by atoms with Crippen molar-refractivity contribution in [2.45, 2.75) is 38.1 Å². The van der Waals surface area contributed by atoms with Gasteiger partial charge in [0.15, 0.2) is 0 Å². The van der Waals surface area contributed by atoms with Gasteiger partial charge in [0.05, 0.1) is 5.56 Å². The van der Waals surface area contributed by atoms with E-state index in [9.17, 15) is 14.7 Å². The minimum Gasteiger partial charge on any atom is -0.480 e. The molecule has 0 heterocycles. The number of rotatable bonds is 7. The van der Waals surface area contributed by atoms with E-state index in [0.717, 1.165) is 10.6 Å². The number of carbonyl (C=O) groups is 2. The predicted octanol–water partition coefficient (Wildman–Crippen LogP) is 3.68. The minimum absolute atomic E-state index is 0.176. The molecular weight excluding hydrogens is 310 g/mol. The molecule has 0 aliphatic rings. The standard InChI is InChI=1S/C15H20ClNO3S/c1-4-21-13-6-5-10(16)8-11(13)14(18)17-12(15(19)20)7-9(2)3/h5-6,8-9,12H,4,7H2,1-3H3,(H,17,18)(H,19,20)/t12-/m1/s1. The highest BCUT2D eigenvalue weighted by atomic mass is 35.5. The molecule has 1 amide bonds. The van der Waals surface area contributed by atoms with Crippen LogP contribution in [0, 0.1) is 5.92 Å². The first-order chi connectivity index (χ1) is 9.85. The Balaban J connectivity index is 2.96. The number of hydrogen-bond acceptors (Lipinski definition) is 3. The molecule has 21 heavy (non-hydrogen) atoms. The van der Waals surface area contributed by atoms with E-state index in [0.29, 0.717) is 17.0 Å². The summed E-state index contributed by atoms with van der Waals surface area (Å²) in [5.74, 6) is -0.434. The quantitative estimate of drug-likeness (QED) is 0.749. The van der Waals surface area contributed by atoms with E-state index in [2.05, 4.69) is 5.32 Å². The van der Waals surface area contributed by atoms with Gasteiger partial charge in [-0.25, -0.2) is 4.79 Å². The molecule has 0 radical (unpaired) electrons. The number of carbonyl (C=O) groups excluding carboxylic acids is 1. The maximum atomic E-state index is 12.3. The summed E-state index contributed by atoms with van der Waals surface area (Å²) in [6.45, 7) is 5.82. The molecule has 0 bridgehead atoms. The Morgan fingerprint density at radius 3 is 2.57 bits per heavy atom. The zero-order chi connectivity index (χ0) is 16.0. The molecule has 0 saturated heterocycles. The number of carboxylic acid groups (broad SMARTS) is 1. The Hall–Kier alpha value is -1.20. The largest absolute Gasteiger partial charge is 0.480 e. The lowest BCUT2D eigenvalue weighted by molar-refractivity contribution is -0.139. The summed E-state index contributed by atoms with van der Waals surface area (Å²) in [7, 11) is 0. The van der Waals surface area contributed by atoms with Gasteiger partial charge in [-0.1, -0.05) is 32.4 Å². The van der Waals surface area contributed by atoms with Crippen LogP contribution in [0.3, 0.4) is 0 Å². The first kappa shape index (κ1) is 17.9. The molecule has 1 atom stereocenters. The van der Waals surface area contributed by atoms with Crippen LogP contribution in [0.4, 0.5) is 0 Å². The van der Waals surface area contributed by atoms with E-state index in [-0.39, 0.29) is 5.92 Å². The van der Waals surface area contributed by atoms with Crippen LogP contribution < -0.4 is 5.32 Å². The molecule has 0 saturated carbocycles. The van der Waals surface area contributed by atoms with Crippen LogP contribution in [0.2, 0.25) is 5.02 Å². The van der Waals surface area contributed by atoms with E-state index < -0.39 is 17.9 Å². The van der Waals surface area contributed by atoms with Gasteiger partial charge in [0.1, 0.15) is 6.04 Å². The maximum Gasteiger partial charge on any atom is 0.326 e. The maximum absolute atomic E-state index is 12.3. The number of thioether (sulfide) groups is 1. The number of amides is 1. The molecular formula is C15H20ClNO3S. The minimum atomic E-state index is -1.02. The van der Waals surface area contributed by atoms with Crippen LogP contribution in [0.25, 0.3) is 0 Å². The number of hydrogen-bond donors (Lipinski definition) is 2. The van der Waals surface area contributed by atoms with Gasteiger partial charge in [-0.05, 0) is 36.3 Å². The van der Waals surface area contributed by atoms with Crippen molar-refractivity contribution in [3.05, 3.63) is 28.8 Å². The second kappa shape index (κ2) is 8.29. The van der Waals surface area contributed by atoms with E-state index >= 15 is 0 Å². The van der Waals surface area contributed by atoms with Gasteiger partial charge >= 0.3 is 5.97 Å². The molecule has 116 valence electrons. The molecule has 0 aliphatic heterocycles. The summed E-state index contributed by atoms with van der Waals surface area (Å²) in [6, 6.07) is 4.18. The average Bonchev–Trinajstić information content (AvgIpc) is 2.39. The van der Waals surface area contributed by atoms with Gasteiger partial charge < -0.3 is 10.4 Å². The highest BCUT2D eigenvalue weighted by molar-refractivity contribution is 7.99. The smallest absolute Gasteiger partial charge is 0.326 e. The summed E-state index contributed by atoms with van der Waals surface area (Å²) in [6.07, 6.45) is 0.387. The number of carboxylic acids is 1. The molecule has 0 spiro atoms. The van der Waals surface area contributed by atoms with Crippen LogP contribution in [0.5, 0.6) is 0 Å². The van der Waals surface area contributed by atoms with Gasteiger partial charge in [-0.3, -0.25) is 4.79 Å². The summed E-state index contributed by atoms with van der Waals surface area (Å²) in [4.78, 5) is 24.4. The second-order valence-corrected chi connectivity index (χ2v) is 6.81. The number of benzene rings is 1. The van der Waals surface area contributed by atoms with Crippen molar-refractivity contribution < 1.29 is 14.7 Å². The normalized spacial score (nSPS) is 12.2. The molecule has 6 heteroatoms. The van der Waals surface area contributed by atoms with Crippen molar-refractivity contribution in [3.8, 4) is 0 Å². The van der Waals surface area contributed by atoms with Gasteiger partial charge in [-0.15, -0.1) is 11.8 Å². The highest BCUT2D eigenvalue weighted by Crippen LogP contribution is 2.25. The summed E-state index contributed by atoms with van der Waals surface area (Å²) in [5, 5.41) is 12.2. The topological polar surface area (TPSA) is 66.4 Å². The van der Waals surface area contributed by atoms with Gasteiger partial charge in [0, 0.05) is 9.92 Å². The molecule has 0 aliphatic carbocycles. The third-order valence-electron chi connectivity index (χ3n) is 2.80. The lowest BCUT2D eigenvalue weighted by atomic mass is 10.0. The molecule has 0 fully saturated rings. The van der Waals surface area contributed by atoms with Crippen molar-refractivity contribution in [2.24, 2.45) is 5.92 Å². The van der Waals surface area contributed by atoms with Crippen molar-refractivity contribution >= 4 is 35.2 Å². The summed E-state index contributed by atoms with van der Waals surface area (Å²) >= 11 is 7.46. The fraction of sp³-hybridized carbons (Fsp3) is 0.467. The Morgan fingerprint density at radius 2 is 2.05 bits per heavy atom. The third-order valence-corrected chi connectivity index (χ3v) is 3.99.